The van der Waals surface area contributed by atoms with Crippen LogP contribution in [0.25, 0.3) is 11.0 Å². The highest BCUT2D eigenvalue weighted by Gasteiger charge is 2.34. The van der Waals surface area contributed by atoms with E-state index in [9.17, 15) is 9.90 Å². The van der Waals surface area contributed by atoms with Crippen LogP contribution in [-0.2, 0) is 12.1 Å². The third kappa shape index (κ3) is 4.42. The van der Waals surface area contributed by atoms with Crippen LogP contribution in [0.3, 0.4) is 0 Å². The normalized spacial score (nSPS) is 19.4. The van der Waals surface area contributed by atoms with Crippen LogP contribution in [0.5, 0.6) is 0 Å². The lowest BCUT2D eigenvalue weighted by Gasteiger charge is -2.38. The van der Waals surface area contributed by atoms with Crippen molar-refractivity contribution < 1.29 is 14.3 Å². The first kappa shape index (κ1) is 21.8. The summed E-state index contributed by atoms with van der Waals surface area (Å²) < 4.78 is 5.85. The van der Waals surface area contributed by atoms with Crippen molar-refractivity contribution in [2.45, 2.75) is 25.0 Å². The van der Waals surface area contributed by atoms with Crippen LogP contribution < -0.4 is 0 Å². The van der Waals surface area contributed by atoms with Gasteiger partial charge in [-0.2, -0.15) is 11.8 Å². The Morgan fingerprint density at radius 2 is 1.81 bits per heavy atom. The molecule has 1 amide bonds. The van der Waals surface area contributed by atoms with E-state index in [-0.39, 0.29) is 5.91 Å². The van der Waals surface area contributed by atoms with Crippen molar-refractivity contribution in [1.82, 2.24) is 9.80 Å². The minimum absolute atomic E-state index is 0.0466. The van der Waals surface area contributed by atoms with Crippen molar-refractivity contribution in [3.63, 3.8) is 0 Å². The molecule has 0 atom stereocenters. The summed E-state index contributed by atoms with van der Waals surface area (Å²) in [4.78, 5) is 17.0. The highest BCUT2D eigenvalue weighted by Crippen LogP contribution is 2.36. The predicted octanol–water partition coefficient (Wildman–Crippen LogP) is 4.76. The average molecular weight is 471 g/mol. The molecule has 0 unspecified atom stereocenters. The number of likely N-dealkylation sites (tertiary alicyclic amines) is 1. The molecule has 0 saturated carbocycles. The van der Waals surface area contributed by atoms with Gasteiger partial charge in [-0.1, -0.05) is 35.9 Å². The fraction of sp³-hybridized carbons (Fsp3) is 0.400. The number of carbonyl (C=O) groups excluding carboxylic acids is 1. The lowest BCUT2D eigenvalue weighted by Crippen LogP contribution is -2.42. The minimum Gasteiger partial charge on any atom is -0.451 e. The van der Waals surface area contributed by atoms with Crippen molar-refractivity contribution in [3.05, 3.63) is 70.4 Å². The Morgan fingerprint density at radius 3 is 2.56 bits per heavy atom. The summed E-state index contributed by atoms with van der Waals surface area (Å²) in [6, 6.07) is 15.5. The number of carbonyl (C=O) groups is 1. The Bertz CT molecular complexity index is 1120. The van der Waals surface area contributed by atoms with Gasteiger partial charge < -0.3 is 14.4 Å². The molecule has 2 aliphatic heterocycles. The Morgan fingerprint density at radius 1 is 1.06 bits per heavy atom. The van der Waals surface area contributed by atoms with Crippen molar-refractivity contribution >= 4 is 40.2 Å². The van der Waals surface area contributed by atoms with Crippen LogP contribution >= 0.6 is 23.4 Å². The molecule has 0 spiro atoms. The number of piperidine rings is 1. The van der Waals surface area contributed by atoms with Gasteiger partial charge in [0.15, 0.2) is 5.76 Å². The van der Waals surface area contributed by atoms with Crippen LogP contribution in [0, 0.1) is 0 Å². The molecule has 5 rings (SSSR count). The van der Waals surface area contributed by atoms with E-state index in [0.29, 0.717) is 24.2 Å². The maximum absolute atomic E-state index is 12.8. The molecule has 0 bridgehead atoms. The molecule has 2 fully saturated rings. The Kier molecular flexibility index (Phi) is 6.21. The van der Waals surface area contributed by atoms with Gasteiger partial charge in [-0.25, -0.2) is 0 Å². The molecule has 2 saturated heterocycles. The molecule has 1 aromatic heterocycles. The molecule has 168 valence electrons. The van der Waals surface area contributed by atoms with Crippen LogP contribution in [0.15, 0.2) is 52.9 Å². The second-order valence-corrected chi connectivity index (χ2v) is 10.3. The van der Waals surface area contributed by atoms with Crippen molar-refractivity contribution in [2.24, 2.45) is 0 Å². The zero-order valence-corrected chi connectivity index (χ0v) is 19.5. The molecule has 7 heteroatoms. The highest BCUT2D eigenvalue weighted by atomic mass is 35.5. The fourth-order valence-electron chi connectivity index (χ4n) is 4.60. The van der Waals surface area contributed by atoms with Gasteiger partial charge in [0.1, 0.15) is 5.58 Å². The van der Waals surface area contributed by atoms with E-state index >= 15 is 0 Å². The number of amides is 1. The monoisotopic (exact) mass is 470 g/mol. The molecule has 3 aromatic rings. The second-order valence-electron chi connectivity index (χ2n) is 8.67. The molecule has 2 aliphatic rings. The van der Waals surface area contributed by atoms with E-state index in [4.69, 9.17) is 16.0 Å². The van der Waals surface area contributed by atoms with Gasteiger partial charge in [-0.05, 0) is 48.2 Å². The van der Waals surface area contributed by atoms with Gasteiger partial charge in [0.2, 0.25) is 0 Å². The number of thioether (sulfide) groups is 1. The maximum atomic E-state index is 12.8. The van der Waals surface area contributed by atoms with Gasteiger partial charge in [0.05, 0.1) is 5.60 Å². The minimum atomic E-state index is -0.878. The second kappa shape index (κ2) is 9.10. The van der Waals surface area contributed by atoms with E-state index in [2.05, 4.69) is 11.0 Å². The SMILES string of the molecule is O=C(c1cc2cc(C3(O)CCN(Cc4ccccc4Cl)CC3)ccc2o1)N1CCSCC1. The van der Waals surface area contributed by atoms with Crippen LogP contribution in [-0.4, -0.2) is 58.5 Å². The largest absolute Gasteiger partial charge is 0.451 e. The third-order valence-electron chi connectivity index (χ3n) is 6.60. The van der Waals surface area contributed by atoms with E-state index in [0.717, 1.165) is 65.8 Å². The Labute approximate surface area is 197 Å². The molecule has 0 radical (unpaired) electrons. The summed E-state index contributed by atoms with van der Waals surface area (Å²) in [6.45, 7) is 3.90. The molecule has 1 N–H and O–H groups in total. The molecule has 0 aliphatic carbocycles. The van der Waals surface area contributed by atoms with E-state index in [1.807, 2.05) is 59.1 Å². The van der Waals surface area contributed by atoms with Gasteiger partial charge in [-0.3, -0.25) is 9.69 Å². The molecule has 5 nitrogen and oxygen atoms in total. The van der Waals surface area contributed by atoms with Crippen molar-refractivity contribution in [2.75, 3.05) is 37.7 Å². The van der Waals surface area contributed by atoms with Crippen LogP contribution in [0.2, 0.25) is 5.02 Å². The number of aliphatic hydroxyl groups is 1. The summed E-state index contributed by atoms with van der Waals surface area (Å²) in [6.07, 6.45) is 1.30. The lowest BCUT2D eigenvalue weighted by atomic mass is 9.84. The fourth-order valence-corrected chi connectivity index (χ4v) is 5.70. The van der Waals surface area contributed by atoms with E-state index < -0.39 is 5.60 Å². The number of benzene rings is 2. The number of fused-ring (bicyclic) bond motifs is 1. The first-order chi connectivity index (χ1) is 15.5. The summed E-state index contributed by atoms with van der Waals surface area (Å²) in [5, 5.41) is 13.0. The van der Waals surface area contributed by atoms with E-state index in [1.54, 1.807) is 0 Å². The number of hydrogen-bond acceptors (Lipinski definition) is 5. The van der Waals surface area contributed by atoms with Crippen LogP contribution in [0.4, 0.5) is 0 Å². The molecule has 2 aromatic carbocycles. The highest BCUT2D eigenvalue weighted by molar-refractivity contribution is 7.99. The van der Waals surface area contributed by atoms with Crippen molar-refractivity contribution in [1.29, 1.82) is 0 Å². The first-order valence-corrected chi connectivity index (χ1v) is 12.6. The number of nitrogens with zero attached hydrogens (tertiary/aromatic N) is 2. The standard InChI is InChI=1S/C25H27ClN2O3S/c26-21-4-2-1-3-18(21)17-27-9-7-25(30,8-10-27)20-5-6-22-19(15-20)16-23(31-22)24(29)28-11-13-32-14-12-28/h1-6,15-16,30H,7-14,17H2. The summed E-state index contributed by atoms with van der Waals surface area (Å²) in [7, 11) is 0. The molecule has 3 heterocycles. The molecular weight excluding hydrogens is 444 g/mol. The quantitative estimate of drug-likeness (QED) is 0.595. The average Bonchev–Trinajstić information content (AvgIpc) is 3.26. The third-order valence-corrected chi connectivity index (χ3v) is 7.91. The number of hydrogen-bond donors (Lipinski definition) is 1. The summed E-state index contributed by atoms with van der Waals surface area (Å²) in [5.74, 6) is 2.27. The zero-order valence-electron chi connectivity index (χ0n) is 17.9. The lowest BCUT2D eigenvalue weighted by molar-refractivity contribution is -0.0276. The van der Waals surface area contributed by atoms with Crippen LogP contribution in [0.1, 0.15) is 34.5 Å². The Balaban J connectivity index is 1.29. The van der Waals surface area contributed by atoms with E-state index in [1.165, 1.54) is 0 Å². The maximum Gasteiger partial charge on any atom is 0.289 e. The zero-order chi connectivity index (χ0) is 22.1. The van der Waals surface area contributed by atoms with Gasteiger partial charge in [-0.15, -0.1) is 0 Å². The topological polar surface area (TPSA) is 56.9 Å². The van der Waals surface area contributed by atoms with Gasteiger partial charge in [0.25, 0.3) is 5.91 Å². The predicted molar refractivity (Wildman–Crippen MR) is 129 cm³/mol. The number of rotatable bonds is 4. The van der Waals surface area contributed by atoms with Gasteiger partial charge >= 0.3 is 0 Å². The smallest absolute Gasteiger partial charge is 0.289 e. The van der Waals surface area contributed by atoms with Gasteiger partial charge in [0, 0.05) is 54.6 Å². The number of halogens is 1. The van der Waals surface area contributed by atoms with Crippen molar-refractivity contribution in [3.8, 4) is 0 Å². The molecular formula is C25H27ClN2O3S. The Hall–Kier alpha value is -1.99. The summed E-state index contributed by atoms with van der Waals surface area (Å²) >= 11 is 8.18. The summed E-state index contributed by atoms with van der Waals surface area (Å²) in [5.41, 5.74) is 1.81. The first-order valence-electron chi connectivity index (χ1n) is 11.1. The molecule has 32 heavy (non-hydrogen) atoms. The number of furan rings is 1.